The Morgan fingerprint density at radius 1 is 0.909 bits per heavy atom. The molecule has 5 unspecified atom stereocenters. The van der Waals surface area contributed by atoms with Crippen LogP contribution in [0.25, 0.3) is 0 Å². The Bertz CT molecular complexity index is 1570. The number of carbonyl (C=O) groups is 3. The number of rotatable bonds is 8. The normalized spacial score (nSPS) is 27.3. The molecule has 5 atom stereocenters. The van der Waals surface area contributed by atoms with Gasteiger partial charge in [-0.1, -0.05) is 61.7 Å². The summed E-state index contributed by atoms with van der Waals surface area (Å²) in [6, 6.07) is 21.4. The second-order valence-electron chi connectivity index (χ2n) is 12.1. The molecule has 3 fully saturated rings. The molecule has 9 heteroatoms. The molecule has 0 radical (unpaired) electrons. The maximum Gasteiger partial charge on any atom is 0.246 e. The van der Waals surface area contributed by atoms with Gasteiger partial charge in [0.1, 0.15) is 29.0 Å². The third kappa shape index (κ3) is 5.15. The third-order valence-electron chi connectivity index (χ3n) is 9.24. The fraction of sp³-hybridized carbons (Fsp3) is 0.343. The smallest absolute Gasteiger partial charge is 0.246 e. The topological polar surface area (TPSA) is 97.0 Å². The van der Waals surface area contributed by atoms with Gasteiger partial charge >= 0.3 is 0 Å². The van der Waals surface area contributed by atoms with Crippen LogP contribution < -0.4 is 15.4 Å². The first-order valence-corrected chi connectivity index (χ1v) is 15.3. The van der Waals surface area contributed by atoms with Crippen molar-refractivity contribution in [2.75, 3.05) is 5.32 Å². The number of halogens is 1. The monoisotopic (exact) mass is 595 g/mol. The van der Waals surface area contributed by atoms with Gasteiger partial charge in [-0.3, -0.25) is 14.4 Å². The number of amides is 3. The molecule has 2 N–H and O–H groups in total. The van der Waals surface area contributed by atoms with E-state index in [4.69, 9.17) is 9.47 Å². The van der Waals surface area contributed by atoms with Gasteiger partial charge in [0.25, 0.3) is 0 Å². The van der Waals surface area contributed by atoms with Crippen molar-refractivity contribution in [3.05, 3.63) is 102 Å². The second kappa shape index (κ2) is 11.5. The SMILES string of the molecule is O=C(Nc1ccc(Oc2ccccc2)cc1)C1C2C=CC3(O2)C1C(=O)N(Cc1ccc(F)cc1)C3C(=O)NC1CCCCC1. The van der Waals surface area contributed by atoms with Gasteiger partial charge in [-0.2, -0.15) is 0 Å². The minimum absolute atomic E-state index is 0.0324. The molecule has 2 bridgehead atoms. The van der Waals surface area contributed by atoms with Crippen LogP contribution in [0.15, 0.2) is 91.0 Å². The van der Waals surface area contributed by atoms with E-state index >= 15 is 0 Å². The summed E-state index contributed by atoms with van der Waals surface area (Å²) in [5, 5.41) is 6.13. The van der Waals surface area contributed by atoms with E-state index in [-0.39, 0.29) is 36.1 Å². The van der Waals surface area contributed by atoms with Gasteiger partial charge in [0, 0.05) is 18.3 Å². The van der Waals surface area contributed by atoms with Gasteiger partial charge in [-0.15, -0.1) is 0 Å². The quantitative estimate of drug-likeness (QED) is 0.342. The molecule has 1 saturated carbocycles. The Hall–Kier alpha value is -4.50. The molecule has 3 heterocycles. The molecule has 7 rings (SSSR count). The van der Waals surface area contributed by atoms with Crippen molar-refractivity contribution < 1.29 is 28.2 Å². The van der Waals surface area contributed by atoms with Crippen molar-refractivity contribution in [2.45, 2.75) is 62.4 Å². The van der Waals surface area contributed by atoms with Crippen molar-refractivity contribution in [3.8, 4) is 11.5 Å². The number of benzene rings is 3. The lowest BCUT2D eigenvalue weighted by molar-refractivity contribution is -0.142. The molecular weight excluding hydrogens is 561 g/mol. The van der Waals surface area contributed by atoms with Gasteiger partial charge in [-0.25, -0.2) is 4.39 Å². The van der Waals surface area contributed by atoms with Crippen molar-refractivity contribution >= 4 is 23.4 Å². The van der Waals surface area contributed by atoms with Gasteiger partial charge in [0.05, 0.1) is 17.9 Å². The molecule has 44 heavy (non-hydrogen) atoms. The number of hydrogen-bond donors (Lipinski definition) is 2. The molecular formula is C35H34FN3O5. The molecule has 3 aliphatic heterocycles. The summed E-state index contributed by atoms with van der Waals surface area (Å²) in [5.74, 6) is -1.72. The zero-order valence-electron chi connectivity index (χ0n) is 24.2. The fourth-order valence-corrected chi connectivity index (χ4v) is 7.21. The van der Waals surface area contributed by atoms with Crippen LogP contribution >= 0.6 is 0 Å². The van der Waals surface area contributed by atoms with Gasteiger partial charge in [-0.05, 0) is 66.9 Å². The predicted molar refractivity (Wildman–Crippen MR) is 161 cm³/mol. The predicted octanol–water partition coefficient (Wildman–Crippen LogP) is 5.36. The lowest BCUT2D eigenvalue weighted by atomic mass is 9.74. The van der Waals surface area contributed by atoms with Crippen LogP contribution in [0.3, 0.4) is 0 Å². The number of anilines is 1. The van der Waals surface area contributed by atoms with E-state index in [1.807, 2.05) is 30.3 Å². The summed E-state index contributed by atoms with van der Waals surface area (Å²) in [4.78, 5) is 43.5. The van der Waals surface area contributed by atoms with Crippen LogP contribution in [0.1, 0.15) is 37.7 Å². The van der Waals surface area contributed by atoms with E-state index < -0.39 is 29.6 Å². The molecule has 3 aromatic carbocycles. The zero-order chi connectivity index (χ0) is 30.3. The van der Waals surface area contributed by atoms with Gasteiger partial charge < -0.3 is 25.0 Å². The first-order valence-electron chi connectivity index (χ1n) is 15.3. The number of fused-ring (bicyclic) bond motifs is 1. The lowest BCUT2D eigenvalue weighted by Gasteiger charge is -2.34. The first kappa shape index (κ1) is 28.3. The Balaban J connectivity index is 1.13. The molecule has 2 saturated heterocycles. The largest absolute Gasteiger partial charge is 0.457 e. The zero-order valence-corrected chi connectivity index (χ0v) is 24.2. The Morgan fingerprint density at radius 2 is 1.61 bits per heavy atom. The Kier molecular flexibility index (Phi) is 7.42. The standard InChI is InChI=1S/C35H34FN3O5/c36-23-13-11-22(12-14-23)21-39-31(33(41)38-24-7-3-1-4-8-24)35-20-19-28(44-35)29(30(35)34(39)42)32(40)37-25-15-17-27(18-16-25)43-26-9-5-2-6-10-26/h2,5-6,9-20,24,28-31H,1,3-4,7-8,21H2,(H,37,40)(H,38,41). The number of nitrogens with zero attached hydrogens (tertiary/aromatic N) is 1. The maximum atomic E-state index is 14.2. The number of ether oxygens (including phenoxy) is 2. The minimum atomic E-state index is -1.27. The summed E-state index contributed by atoms with van der Waals surface area (Å²) in [6.45, 7) is 0.0964. The highest BCUT2D eigenvalue weighted by molar-refractivity contribution is 6.02. The van der Waals surface area contributed by atoms with Crippen LogP contribution in [0.4, 0.5) is 10.1 Å². The van der Waals surface area contributed by atoms with E-state index in [9.17, 15) is 18.8 Å². The average Bonchev–Trinajstić information content (AvgIpc) is 3.68. The first-order chi connectivity index (χ1) is 21.4. The van der Waals surface area contributed by atoms with E-state index in [2.05, 4.69) is 10.6 Å². The van der Waals surface area contributed by atoms with Crippen molar-refractivity contribution in [1.29, 1.82) is 0 Å². The Labute approximate surface area is 255 Å². The number of likely N-dealkylation sites (tertiary alicyclic amines) is 1. The molecule has 1 spiro atoms. The van der Waals surface area contributed by atoms with Crippen LogP contribution in [0, 0.1) is 17.7 Å². The molecule has 0 aromatic heterocycles. The van der Waals surface area contributed by atoms with Crippen molar-refractivity contribution in [3.63, 3.8) is 0 Å². The van der Waals surface area contributed by atoms with E-state index in [1.165, 1.54) is 17.0 Å². The van der Waals surface area contributed by atoms with Crippen LogP contribution in [-0.2, 0) is 25.7 Å². The van der Waals surface area contributed by atoms with Crippen molar-refractivity contribution in [2.24, 2.45) is 11.8 Å². The molecule has 4 aliphatic rings. The maximum absolute atomic E-state index is 14.2. The van der Waals surface area contributed by atoms with E-state index in [0.29, 0.717) is 22.7 Å². The summed E-state index contributed by atoms with van der Waals surface area (Å²) < 4.78 is 26.0. The Morgan fingerprint density at radius 3 is 2.34 bits per heavy atom. The highest BCUT2D eigenvalue weighted by Crippen LogP contribution is 2.55. The van der Waals surface area contributed by atoms with Crippen LogP contribution in [-0.4, -0.2) is 46.4 Å². The molecule has 3 aromatic rings. The number of carbonyl (C=O) groups excluding carboxylic acids is 3. The van der Waals surface area contributed by atoms with Crippen LogP contribution in [0.2, 0.25) is 0 Å². The molecule has 8 nitrogen and oxygen atoms in total. The summed E-state index contributed by atoms with van der Waals surface area (Å²) in [5.41, 5.74) is -0.0315. The molecule has 3 amide bonds. The van der Waals surface area contributed by atoms with E-state index in [1.54, 1.807) is 48.6 Å². The number of para-hydroxylation sites is 1. The average molecular weight is 596 g/mol. The lowest BCUT2D eigenvalue weighted by Crippen LogP contribution is -2.56. The molecule has 226 valence electrons. The second-order valence-corrected chi connectivity index (χ2v) is 12.1. The summed E-state index contributed by atoms with van der Waals surface area (Å²) >= 11 is 0. The van der Waals surface area contributed by atoms with Crippen molar-refractivity contribution in [1.82, 2.24) is 10.2 Å². The highest BCUT2D eigenvalue weighted by atomic mass is 19.1. The molecule has 1 aliphatic carbocycles. The van der Waals surface area contributed by atoms with E-state index in [0.717, 1.165) is 32.1 Å². The van der Waals surface area contributed by atoms with Gasteiger partial charge in [0.2, 0.25) is 17.7 Å². The third-order valence-corrected chi connectivity index (χ3v) is 9.24. The summed E-state index contributed by atoms with van der Waals surface area (Å²) in [7, 11) is 0. The highest BCUT2D eigenvalue weighted by Gasteiger charge is 2.72. The number of nitrogens with one attached hydrogen (secondary N) is 2. The number of hydrogen-bond acceptors (Lipinski definition) is 5. The fourth-order valence-electron chi connectivity index (χ4n) is 7.21. The van der Waals surface area contributed by atoms with Gasteiger partial charge in [0.15, 0.2) is 0 Å². The minimum Gasteiger partial charge on any atom is -0.457 e. The van der Waals surface area contributed by atoms with Crippen LogP contribution in [0.5, 0.6) is 11.5 Å². The summed E-state index contributed by atoms with van der Waals surface area (Å²) in [6.07, 6.45) is 7.97.